The van der Waals surface area contributed by atoms with Crippen molar-refractivity contribution < 1.29 is 44.6 Å². The van der Waals surface area contributed by atoms with Gasteiger partial charge in [-0.1, -0.05) is 0 Å². The van der Waals surface area contributed by atoms with E-state index in [4.69, 9.17) is 0 Å². The second kappa shape index (κ2) is 3.46. The molecule has 0 radical (unpaired) electrons. The molecule has 14 heavy (non-hydrogen) atoms. The molecular formula is C3F9NO. The first-order valence-electron chi connectivity index (χ1n) is 2.54. The van der Waals surface area contributed by atoms with E-state index in [1.165, 1.54) is 4.94 Å². The van der Waals surface area contributed by atoms with Gasteiger partial charge in [0.15, 0.2) is 0 Å². The Labute approximate surface area is 69.7 Å². The van der Waals surface area contributed by atoms with Crippen LogP contribution in [0.15, 0.2) is 0 Å². The molecule has 0 aliphatic rings. The highest BCUT2D eigenvalue weighted by Crippen LogP contribution is 2.42. The predicted molar refractivity (Wildman–Crippen MR) is 21.1 cm³/mol. The van der Waals surface area contributed by atoms with Gasteiger partial charge in [-0.2, -0.15) is 35.1 Å². The number of alkyl halides is 8. The van der Waals surface area contributed by atoms with Crippen LogP contribution in [0.1, 0.15) is 0 Å². The number of hydrogen-bond donors (Lipinski definition) is 0. The fourth-order valence-electron chi connectivity index (χ4n) is 0.473. The molecular weight excluding hydrogens is 237 g/mol. The van der Waals surface area contributed by atoms with Gasteiger partial charge in [-0.3, -0.25) is 0 Å². The Hall–Kier alpha value is -0.710. The van der Waals surface area contributed by atoms with Gasteiger partial charge in [0, 0.05) is 0 Å². The molecule has 0 spiro atoms. The summed E-state index contributed by atoms with van der Waals surface area (Å²) >= 11 is 0. The Balaban J connectivity index is 5.14. The lowest BCUT2D eigenvalue weighted by molar-refractivity contribution is -0.525. The third-order valence-electron chi connectivity index (χ3n) is 0.860. The van der Waals surface area contributed by atoms with Gasteiger partial charge in [0.1, 0.15) is 0 Å². The average Bonchev–Trinajstić information content (AvgIpc) is 1.79. The Bertz CT molecular complexity index is 179. The third-order valence-corrected chi connectivity index (χ3v) is 0.860. The standard InChI is InChI=1S/C3F9NO/c4-1(5,6)13(2(7,8)9)3(10,11)14-12. The summed E-state index contributed by atoms with van der Waals surface area (Å²) in [4.78, 5) is -2.01. The highest BCUT2D eigenvalue weighted by molar-refractivity contribution is 4.66. The van der Waals surface area contributed by atoms with Gasteiger partial charge in [-0.05, 0) is 9.43 Å². The molecule has 0 saturated carbocycles. The van der Waals surface area contributed by atoms with Gasteiger partial charge >= 0.3 is 18.8 Å². The van der Waals surface area contributed by atoms with Crippen molar-refractivity contribution in [3.05, 3.63) is 0 Å². The van der Waals surface area contributed by atoms with Crippen molar-refractivity contribution >= 4 is 0 Å². The molecule has 0 heterocycles. The first-order valence-corrected chi connectivity index (χ1v) is 2.54. The molecule has 11 heteroatoms. The van der Waals surface area contributed by atoms with Crippen LogP contribution >= 0.6 is 0 Å². The zero-order valence-corrected chi connectivity index (χ0v) is 5.76. The Morgan fingerprint density at radius 1 is 0.714 bits per heavy atom. The van der Waals surface area contributed by atoms with Crippen molar-refractivity contribution in [1.82, 2.24) is 4.90 Å². The maximum atomic E-state index is 11.7. The van der Waals surface area contributed by atoms with E-state index in [2.05, 4.69) is 0 Å². The van der Waals surface area contributed by atoms with Gasteiger partial charge in [0.2, 0.25) is 0 Å². The molecule has 86 valence electrons. The summed E-state index contributed by atoms with van der Waals surface area (Å²) in [6.07, 6.45) is -19.2. The van der Waals surface area contributed by atoms with Gasteiger partial charge in [0.25, 0.3) is 0 Å². The summed E-state index contributed by atoms with van der Waals surface area (Å²) in [5.41, 5.74) is 0. The molecule has 0 amide bonds. The van der Waals surface area contributed by atoms with Crippen LogP contribution in [0.3, 0.4) is 0 Å². The highest BCUT2D eigenvalue weighted by Gasteiger charge is 2.68. The van der Waals surface area contributed by atoms with E-state index < -0.39 is 23.7 Å². The second-order valence-electron chi connectivity index (χ2n) is 1.83. The van der Waals surface area contributed by atoms with E-state index in [9.17, 15) is 39.6 Å². The van der Waals surface area contributed by atoms with E-state index in [1.54, 1.807) is 0 Å². The zero-order chi connectivity index (χ0) is 11.8. The van der Waals surface area contributed by atoms with E-state index in [0.29, 0.717) is 0 Å². The molecule has 0 aromatic carbocycles. The van der Waals surface area contributed by atoms with Gasteiger partial charge < -0.3 is 0 Å². The van der Waals surface area contributed by atoms with Crippen LogP contribution in [0.5, 0.6) is 0 Å². The van der Waals surface area contributed by atoms with E-state index >= 15 is 0 Å². The van der Waals surface area contributed by atoms with Crippen molar-refractivity contribution in [2.45, 2.75) is 18.8 Å². The van der Waals surface area contributed by atoms with Gasteiger partial charge in [0.05, 0.1) is 0 Å². The van der Waals surface area contributed by atoms with E-state index in [-0.39, 0.29) is 0 Å². The van der Waals surface area contributed by atoms with Crippen molar-refractivity contribution in [3.8, 4) is 0 Å². The lowest BCUT2D eigenvalue weighted by atomic mass is 10.7. The molecule has 0 atom stereocenters. The summed E-state index contributed by atoms with van der Waals surface area (Å²) in [5, 5.41) is 0. The molecule has 0 aromatic rings. The molecule has 0 unspecified atom stereocenters. The maximum Gasteiger partial charge on any atom is 0.474 e. The molecule has 0 aliphatic carbocycles. The minimum Gasteiger partial charge on any atom is -0.157 e. The summed E-state index contributed by atoms with van der Waals surface area (Å²) in [6.45, 7) is 0. The minimum absolute atomic E-state index is 1.31. The number of halogens is 9. The molecule has 0 N–H and O–H groups in total. The largest absolute Gasteiger partial charge is 0.474 e. The SMILES string of the molecule is FOC(F)(F)N(C(F)(F)F)C(F)(F)F. The summed E-state index contributed by atoms with van der Waals surface area (Å²) in [5.74, 6) is 0. The highest BCUT2D eigenvalue weighted by atomic mass is 19.4. The Morgan fingerprint density at radius 3 is 1.07 bits per heavy atom. The summed E-state index contributed by atoms with van der Waals surface area (Å²) in [7, 11) is 0. The molecule has 0 rings (SSSR count). The first-order chi connectivity index (χ1) is 5.93. The van der Waals surface area contributed by atoms with Crippen LogP contribution < -0.4 is 0 Å². The second-order valence-corrected chi connectivity index (χ2v) is 1.83. The van der Waals surface area contributed by atoms with E-state index in [0.717, 1.165) is 0 Å². The third kappa shape index (κ3) is 2.90. The molecule has 0 fully saturated rings. The lowest BCUT2D eigenvalue weighted by Gasteiger charge is -2.29. The van der Waals surface area contributed by atoms with E-state index in [1.807, 2.05) is 0 Å². The smallest absolute Gasteiger partial charge is 0.157 e. The van der Waals surface area contributed by atoms with Crippen LogP contribution in [0.2, 0.25) is 0 Å². The molecule has 0 bridgehead atoms. The van der Waals surface area contributed by atoms with Crippen molar-refractivity contribution in [3.63, 3.8) is 0 Å². The topological polar surface area (TPSA) is 12.5 Å². The zero-order valence-electron chi connectivity index (χ0n) is 5.76. The molecule has 0 saturated heterocycles. The minimum atomic E-state index is -6.52. The van der Waals surface area contributed by atoms with Crippen molar-refractivity contribution in [2.75, 3.05) is 0 Å². The van der Waals surface area contributed by atoms with Crippen LogP contribution in [-0.4, -0.2) is 23.7 Å². The first kappa shape index (κ1) is 13.3. The van der Waals surface area contributed by atoms with Crippen LogP contribution in [0.4, 0.5) is 39.6 Å². The quantitative estimate of drug-likeness (QED) is 0.416. The Kier molecular flexibility index (Phi) is 3.28. The summed E-state index contributed by atoms with van der Waals surface area (Å²) < 4.78 is 102. The van der Waals surface area contributed by atoms with Crippen LogP contribution in [-0.2, 0) is 4.94 Å². The monoisotopic (exact) mass is 237 g/mol. The summed E-state index contributed by atoms with van der Waals surface area (Å²) in [6, 6.07) is 0. The predicted octanol–water partition coefficient (Wildman–Crippen LogP) is 2.78. The lowest BCUT2D eigenvalue weighted by Crippen LogP contribution is -2.58. The molecule has 0 aromatic heterocycles. The van der Waals surface area contributed by atoms with Crippen LogP contribution in [0, 0.1) is 0 Å². The number of hydrogen-bond acceptors (Lipinski definition) is 2. The number of nitrogens with zero attached hydrogens (tertiary/aromatic N) is 1. The fourth-order valence-corrected chi connectivity index (χ4v) is 0.473. The average molecular weight is 237 g/mol. The molecule has 2 nitrogen and oxygen atoms in total. The molecule has 0 aliphatic heterocycles. The van der Waals surface area contributed by atoms with Crippen molar-refractivity contribution in [1.29, 1.82) is 0 Å². The maximum absolute atomic E-state index is 11.7. The van der Waals surface area contributed by atoms with Gasteiger partial charge in [-0.25, -0.2) is 0 Å². The normalized spacial score (nSPS) is 15.0. The Morgan fingerprint density at radius 2 is 1.00 bits per heavy atom. The fraction of sp³-hybridized carbons (Fsp3) is 1.00. The van der Waals surface area contributed by atoms with Gasteiger partial charge in [-0.15, -0.1) is 4.94 Å². The van der Waals surface area contributed by atoms with Crippen molar-refractivity contribution in [2.24, 2.45) is 0 Å². The van der Waals surface area contributed by atoms with Crippen LogP contribution in [0.25, 0.3) is 0 Å². The number of rotatable bonds is 2.